The Morgan fingerprint density at radius 1 is 1.13 bits per heavy atom. The summed E-state index contributed by atoms with van der Waals surface area (Å²) in [6, 6.07) is 7.87. The Morgan fingerprint density at radius 2 is 1.91 bits per heavy atom. The van der Waals surface area contributed by atoms with E-state index in [-0.39, 0.29) is 5.91 Å². The van der Waals surface area contributed by atoms with Crippen LogP contribution < -0.4 is 4.74 Å². The number of carbonyl (C=O) groups is 1. The SMILES string of the molecule is COc1ccc(CN2CCN(Cc3cnn(C)c3)CC2=O)cc1. The standard InChI is InChI=1S/C17H22N4O2/c1-19-10-15(9-18-19)11-20-7-8-21(17(22)13-20)12-14-3-5-16(23-2)6-4-14/h3-6,9-10H,7-8,11-13H2,1-2H3. The summed E-state index contributed by atoms with van der Waals surface area (Å²) in [4.78, 5) is 16.5. The molecule has 1 aromatic carbocycles. The van der Waals surface area contributed by atoms with Gasteiger partial charge in [-0.1, -0.05) is 12.1 Å². The molecule has 1 aliphatic heterocycles. The number of methoxy groups -OCH3 is 1. The minimum Gasteiger partial charge on any atom is -0.497 e. The zero-order valence-corrected chi connectivity index (χ0v) is 13.6. The van der Waals surface area contributed by atoms with E-state index < -0.39 is 0 Å². The van der Waals surface area contributed by atoms with E-state index in [0.29, 0.717) is 13.1 Å². The van der Waals surface area contributed by atoms with E-state index in [1.54, 1.807) is 11.8 Å². The molecule has 1 aliphatic rings. The lowest BCUT2D eigenvalue weighted by Crippen LogP contribution is -2.49. The fourth-order valence-corrected chi connectivity index (χ4v) is 2.82. The fourth-order valence-electron chi connectivity index (χ4n) is 2.82. The maximum atomic E-state index is 12.4. The van der Waals surface area contributed by atoms with E-state index in [0.717, 1.165) is 36.5 Å². The third-order valence-corrected chi connectivity index (χ3v) is 4.09. The molecule has 0 unspecified atom stereocenters. The van der Waals surface area contributed by atoms with Crippen LogP contribution in [-0.2, 0) is 24.9 Å². The van der Waals surface area contributed by atoms with Crippen molar-refractivity contribution in [1.29, 1.82) is 0 Å². The summed E-state index contributed by atoms with van der Waals surface area (Å²) < 4.78 is 6.95. The summed E-state index contributed by atoms with van der Waals surface area (Å²) in [6.45, 7) is 3.53. The molecule has 1 saturated heterocycles. The van der Waals surface area contributed by atoms with Gasteiger partial charge in [0.1, 0.15) is 5.75 Å². The number of hydrogen-bond acceptors (Lipinski definition) is 4. The van der Waals surface area contributed by atoms with Crippen LogP contribution in [0.2, 0.25) is 0 Å². The first-order chi connectivity index (χ1) is 11.1. The van der Waals surface area contributed by atoms with Crippen LogP contribution in [0.15, 0.2) is 36.7 Å². The molecule has 2 aromatic rings. The molecule has 0 bridgehead atoms. The summed E-state index contributed by atoms with van der Waals surface area (Å²) in [5, 5.41) is 4.17. The van der Waals surface area contributed by atoms with Crippen LogP contribution in [0.25, 0.3) is 0 Å². The monoisotopic (exact) mass is 314 g/mol. The summed E-state index contributed by atoms with van der Waals surface area (Å²) in [6.07, 6.45) is 3.85. The van der Waals surface area contributed by atoms with E-state index in [2.05, 4.69) is 10.00 Å². The number of ether oxygens (including phenoxy) is 1. The lowest BCUT2D eigenvalue weighted by atomic mass is 10.2. The van der Waals surface area contributed by atoms with Crippen molar-refractivity contribution < 1.29 is 9.53 Å². The van der Waals surface area contributed by atoms with Crippen molar-refractivity contribution in [1.82, 2.24) is 19.6 Å². The Bertz CT molecular complexity index is 665. The quantitative estimate of drug-likeness (QED) is 0.834. The Hall–Kier alpha value is -2.34. The first-order valence-corrected chi connectivity index (χ1v) is 7.74. The highest BCUT2D eigenvalue weighted by Gasteiger charge is 2.24. The largest absolute Gasteiger partial charge is 0.497 e. The number of rotatable bonds is 5. The van der Waals surface area contributed by atoms with Gasteiger partial charge in [-0.25, -0.2) is 0 Å². The summed E-state index contributed by atoms with van der Waals surface area (Å²) >= 11 is 0. The molecule has 0 saturated carbocycles. The fraction of sp³-hybridized carbons (Fsp3) is 0.412. The first kappa shape index (κ1) is 15.6. The third-order valence-electron chi connectivity index (χ3n) is 4.09. The van der Waals surface area contributed by atoms with Crippen LogP contribution in [0.1, 0.15) is 11.1 Å². The number of amides is 1. The normalized spacial score (nSPS) is 15.9. The Morgan fingerprint density at radius 3 is 2.52 bits per heavy atom. The lowest BCUT2D eigenvalue weighted by molar-refractivity contribution is -0.136. The van der Waals surface area contributed by atoms with Crippen LogP contribution in [-0.4, -0.2) is 52.2 Å². The molecule has 1 fully saturated rings. The van der Waals surface area contributed by atoms with Crippen molar-refractivity contribution in [2.45, 2.75) is 13.1 Å². The number of aromatic nitrogens is 2. The average Bonchev–Trinajstić information content (AvgIpc) is 2.96. The molecule has 23 heavy (non-hydrogen) atoms. The van der Waals surface area contributed by atoms with Crippen LogP contribution in [0.5, 0.6) is 5.75 Å². The molecule has 1 amide bonds. The van der Waals surface area contributed by atoms with E-state index >= 15 is 0 Å². The Kier molecular flexibility index (Phi) is 4.62. The molecule has 0 spiro atoms. The van der Waals surface area contributed by atoms with E-state index in [1.807, 2.05) is 48.6 Å². The highest BCUT2D eigenvalue weighted by Crippen LogP contribution is 2.15. The molecule has 0 N–H and O–H groups in total. The maximum Gasteiger partial charge on any atom is 0.237 e. The van der Waals surface area contributed by atoms with Gasteiger partial charge in [-0.3, -0.25) is 14.4 Å². The number of benzene rings is 1. The second kappa shape index (κ2) is 6.83. The maximum absolute atomic E-state index is 12.4. The van der Waals surface area contributed by atoms with Crippen molar-refractivity contribution in [2.24, 2.45) is 7.05 Å². The number of nitrogens with zero attached hydrogens (tertiary/aromatic N) is 4. The van der Waals surface area contributed by atoms with Gasteiger partial charge >= 0.3 is 0 Å². The number of carbonyl (C=O) groups excluding carboxylic acids is 1. The average molecular weight is 314 g/mol. The van der Waals surface area contributed by atoms with E-state index in [4.69, 9.17) is 4.74 Å². The minimum atomic E-state index is 0.177. The second-order valence-electron chi connectivity index (χ2n) is 5.90. The molecule has 3 rings (SSSR count). The van der Waals surface area contributed by atoms with Crippen molar-refractivity contribution >= 4 is 5.91 Å². The van der Waals surface area contributed by atoms with Crippen molar-refractivity contribution in [3.8, 4) is 5.75 Å². The van der Waals surface area contributed by atoms with E-state index in [9.17, 15) is 4.79 Å². The molecule has 2 heterocycles. The van der Waals surface area contributed by atoms with Gasteiger partial charge in [0, 0.05) is 45.0 Å². The van der Waals surface area contributed by atoms with Gasteiger partial charge < -0.3 is 9.64 Å². The molecule has 6 heteroatoms. The van der Waals surface area contributed by atoms with Crippen LogP contribution in [0.3, 0.4) is 0 Å². The zero-order valence-electron chi connectivity index (χ0n) is 13.6. The van der Waals surface area contributed by atoms with Crippen LogP contribution in [0, 0.1) is 0 Å². The second-order valence-corrected chi connectivity index (χ2v) is 5.90. The van der Waals surface area contributed by atoms with Crippen LogP contribution >= 0.6 is 0 Å². The Labute approximate surface area is 136 Å². The van der Waals surface area contributed by atoms with Crippen molar-refractivity contribution in [3.05, 3.63) is 47.8 Å². The molecule has 0 aliphatic carbocycles. The van der Waals surface area contributed by atoms with Gasteiger partial charge in [0.05, 0.1) is 19.9 Å². The first-order valence-electron chi connectivity index (χ1n) is 7.74. The minimum absolute atomic E-state index is 0.177. The number of aryl methyl sites for hydroxylation is 1. The van der Waals surface area contributed by atoms with Crippen molar-refractivity contribution in [2.75, 3.05) is 26.7 Å². The molecule has 0 radical (unpaired) electrons. The molecular formula is C17H22N4O2. The summed E-state index contributed by atoms with van der Waals surface area (Å²) in [5.74, 6) is 1.01. The highest BCUT2D eigenvalue weighted by molar-refractivity contribution is 5.79. The van der Waals surface area contributed by atoms with Gasteiger partial charge in [-0.05, 0) is 17.7 Å². The third kappa shape index (κ3) is 3.90. The number of hydrogen-bond donors (Lipinski definition) is 0. The molecule has 0 atom stereocenters. The van der Waals surface area contributed by atoms with Gasteiger partial charge in [-0.15, -0.1) is 0 Å². The van der Waals surface area contributed by atoms with Gasteiger partial charge in [0.15, 0.2) is 0 Å². The molecule has 1 aromatic heterocycles. The summed E-state index contributed by atoms with van der Waals surface area (Å²) in [5.41, 5.74) is 2.27. The molecular weight excluding hydrogens is 292 g/mol. The van der Waals surface area contributed by atoms with Crippen LogP contribution in [0.4, 0.5) is 0 Å². The van der Waals surface area contributed by atoms with Gasteiger partial charge in [0.2, 0.25) is 5.91 Å². The van der Waals surface area contributed by atoms with E-state index in [1.165, 1.54) is 0 Å². The smallest absolute Gasteiger partial charge is 0.237 e. The topological polar surface area (TPSA) is 50.6 Å². The predicted octanol–water partition coefficient (Wildman–Crippen LogP) is 1.27. The molecule has 6 nitrogen and oxygen atoms in total. The number of piperazine rings is 1. The summed E-state index contributed by atoms with van der Waals surface area (Å²) in [7, 11) is 3.56. The van der Waals surface area contributed by atoms with Gasteiger partial charge in [0.25, 0.3) is 0 Å². The molecule has 122 valence electrons. The zero-order chi connectivity index (χ0) is 16.2. The van der Waals surface area contributed by atoms with Crippen molar-refractivity contribution in [3.63, 3.8) is 0 Å². The lowest BCUT2D eigenvalue weighted by Gasteiger charge is -2.34. The Balaban J connectivity index is 1.54. The van der Waals surface area contributed by atoms with Gasteiger partial charge in [-0.2, -0.15) is 5.10 Å². The predicted molar refractivity (Wildman–Crippen MR) is 86.9 cm³/mol. The highest BCUT2D eigenvalue weighted by atomic mass is 16.5.